The van der Waals surface area contributed by atoms with Crippen molar-refractivity contribution in [3.05, 3.63) is 41.4 Å². The summed E-state index contributed by atoms with van der Waals surface area (Å²) in [6.45, 7) is 0. The van der Waals surface area contributed by atoms with Gasteiger partial charge < -0.3 is 10.0 Å². The van der Waals surface area contributed by atoms with E-state index in [9.17, 15) is 0 Å². The first-order valence-corrected chi connectivity index (χ1v) is 4.60. The first kappa shape index (κ1) is 9.53. The Kier molecular flexibility index (Phi) is 2.46. The molecule has 2 aromatic rings. The Labute approximate surface area is 86.9 Å². The van der Waals surface area contributed by atoms with E-state index in [4.69, 9.17) is 21.6 Å². The molecule has 0 aliphatic rings. The van der Waals surface area contributed by atoms with Crippen LogP contribution in [0.25, 0.3) is 10.8 Å². The SMILES string of the molecule is OB(O)c1cc(Cl)cc2ccccc12. The quantitative estimate of drug-likeness (QED) is 0.688. The Bertz CT molecular complexity index is 471. The zero-order valence-electron chi connectivity index (χ0n) is 7.31. The fourth-order valence-corrected chi connectivity index (χ4v) is 1.75. The lowest BCUT2D eigenvalue weighted by Gasteiger charge is -2.05. The van der Waals surface area contributed by atoms with Crippen LogP contribution in [0.15, 0.2) is 36.4 Å². The summed E-state index contributed by atoms with van der Waals surface area (Å²) in [5.74, 6) is 0. The molecule has 0 bridgehead atoms. The van der Waals surface area contributed by atoms with Crippen molar-refractivity contribution in [3.63, 3.8) is 0 Å². The van der Waals surface area contributed by atoms with Crippen LogP contribution in [0.2, 0.25) is 5.02 Å². The molecule has 2 nitrogen and oxygen atoms in total. The molecular weight excluding hydrogens is 198 g/mol. The highest BCUT2D eigenvalue weighted by Gasteiger charge is 2.14. The highest BCUT2D eigenvalue weighted by atomic mass is 35.5. The minimum Gasteiger partial charge on any atom is -0.423 e. The second-order valence-corrected chi connectivity index (χ2v) is 3.53. The van der Waals surface area contributed by atoms with Gasteiger partial charge in [0.2, 0.25) is 0 Å². The third kappa shape index (κ3) is 1.62. The van der Waals surface area contributed by atoms with Crippen LogP contribution in [-0.4, -0.2) is 17.2 Å². The van der Waals surface area contributed by atoms with Gasteiger partial charge in [0.15, 0.2) is 0 Å². The number of rotatable bonds is 1. The van der Waals surface area contributed by atoms with E-state index in [-0.39, 0.29) is 0 Å². The minimum atomic E-state index is -1.49. The predicted octanol–water partition coefficient (Wildman–Crippen LogP) is 1.17. The van der Waals surface area contributed by atoms with Crippen LogP contribution < -0.4 is 5.46 Å². The topological polar surface area (TPSA) is 40.5 Å². The molecule has 2 N–H and O–H groups in total. The van der Waals surface area contributed by atoms with Gasteiger partial charge in [-0.3, -0.25) is 0 Å². The lowest BCUT2D eigenvalue weighted by atomic mass is 9.77. The van der Waals surface area contributed by atoms with Crippen LogP contribution in [0, 0.1) is 0 Å². The zero-order chi connectivity index (χ0) is 10.1. The average molecular weight is 206 g/mol. The van der Waals surface area contributed by atoms with E-state index in [2.05, 4.69) is 0 Å². The van der Waals surface area contributed by atoms with Crippen molar-refractivity contribution in [2.24, 2.45) is 0 Å². The molecule has 0 spiro atoms. The van der Waals surface area contributed by atoms with E-state index in [0.717, 1.165) is 10.8 Å². The van der Waals surface area contributed by atoms with Gasteiger partial charge in [-0.1, -0.05) is 35.9 Å². The second-order valence-electron chi connectivity index (χ2n) is 3.09. The van der Waals surface area contributed by atoms with Gasteiger partial charge in [-0.05, 0) is 28.4 Å². The first-order chi connectivity index (χ1) is 6.68. The number of hydrogen-bond acceptors (Lipinski definition) is 2. The highest BCUT2D eigenvalue weighted by molar-refractivity contribution is 6.62. The van der Waals surface area contributed by atoms with Crippen LogP contribution >= 0.6 is 11.6 Å². The molecule has 2 rings (SSSR count). The van der Waals surface area contributed by atoms with E-state index >= 15 is 0 Å². The third-order valence-electron chi connectivity index (χ3n) is 2.14. The van der Waals surface area contributed by atoms with Crippen molar-refractivity contribution >= 4 is 35.0 Å². The fraction of sp³-hybridized carbons (Fsp3) is 0. The second kappa shape index (κ2) is 3.61. The Hall–Kier alpha value is -1.03. The van der Waals surface area contributed by atoms with Gasteiger partial charge in [0, 0.05) is 5.02 Å². The van der Waals surface area contributed by atoms with Crippen LogP contribution in [0.3, 0.4) is 0 Å². The zero-order valence-corrected chi connectivity index (χ0v) is 8.07. The fourth-order valence-electron chi connectivity index (χ4n) is 1.52. The summed E-state index contributed by atoms with van der Waals surface area (Å²) in [4.78, 5) is 0. The molecule has 2 aromatic carbocycles. The minimum absolute atomic E-state index is 0.438. The Morgan fingerprint density at radius 3 is 2.50 bits per heavy atom. The van der Waals surface area contributed by atoms with Gasteiger partial charge in [0.05, 0.1) is 0 Å². The highest BCUT2D eigenvalue weighted by Crippen LogP contribution is 2.17. The molecule has 0 unspecified atom stereocenters. The molecule has 0 fully saturated rings. The number of fused-ring (bicyclic) bond motifs is 1. The molecular formula is C10H8BClO2. The number of halogens is 1. The van der Waals surface area contributed by atoms with Gasteiger partial charge in [0.1, 0.15) is 0 Å². The van der Waals surface area contributed by atoms with E-state index in [1.165, 1.54) is 0 Å². The summed E-state index contributed by atoms with van der Waals surface area (Å²) >= 11 is 5.85. The summed E-state index contributed by atoms with van der Waals surface area (Å²) in [6, 6.07) is 10.8. The van der Waals surface area contributed by atoms with Crippen LogP contribution in [0.4, 0.5) is 0 Å². The number of hydrogen-bond donors (Lipinski definition) is 2. The van der Waals surface area contributed by atoms with Crippen molar-refractivity contribution < 1.29 is 10.0 Å². The van der Waals surface area contributed by atoms with Crippen LogP contribution in [0.5, 0.6) is 0 Å². The summed E-state index contributed by atoms with van der Waals surface area (Å²) in [6.07, 6.45) is 0. The van der Waals surface area contributed by atoms with Crippen LogP contribution in [-0.2, 0) is 0 Å². The lowest BCUT2D eigenvalue weighted by Crippen LogP contribution is -2.30. The molecule has 0 aromatic heterocycles. The van der Waals surface area contributed by atoms with Crippen LogP contribution in [0.1, 0.15) is 0 Å². The number of benzene rings is 2. The maximum atomic E-state index is 9.14. The molecule has 0 amide bonds. The summed E-state index contributed by atoms with van der Waals surface area (Å²) < 4.78 is 0. The molecule has 0 atom stereocenters. The molecule has 70 valence electrons. The Morgan fingerprint density at radius 1 is 1.07 bits per heavy atom. The van der Waals surface area contributed by atoms with E-state index < -0.39 is 7.12 Å². The lowest BCUT2D eigenvalue weighted by molar-refractivity contribution is 0.426. The van der Waals surface area contributed by atoms with Gasteiger partial charge in [-0.2, -0.15) is 0 Å². The maximum absolute atomic E-state index is 9.14. The molecule has 14 heavy (non-hydrogen) atoms. The van der Waals surface area contributed by atoms with Gasteiger partial charge in [0.25, 0.3) is 0 Å². The summed E-state index contributed by atoms with van der Waals surface area (Å²) in [5, 5.41) is 20.5. The molecule has 0 saturated heterocycles. The molecule has 0 aliphatic carbocycles. The molecule has 0 radical (unpaired) electrons. The van der Waals surface area contributed by atoms with E-state index in [0.29, 0.717) is 10.5 Å². The standard InChI is InChI=1S/C10H8BClO2/c12-8-5-7-3-1-2-4-9(7)10(6-8)11(13)14/h1-6,13-14H. The van der Waals surface area contributed by atoms with Crippen molar-refractivity contribution in [2.45, 2.75) is 0 Å². The monoisotopic (exact) mass is 206 g/mol. The van der Waals surface area contributed by atoms with Crippen molar-refractivity contribution in [2.75, 3.05) is 0 Å². The van der Waals surface area contributed by atoms with Crippen molar-refractivity contribution in [1.29, 1.82) is 0 Å². The van der Waals surface area contributed by atoms with E-state index in [1.807, 2.05) is 24.3 Å². The third-order valence-corrected chi connectivity index (χ3v) is 2.35. The smallest absolute Gasteiger partial charge is 0.423 e. The summed E-state index contributed by atoms with van der Waals surface area (Å²) in [5.41, 5.74) is 0.438. The van der Waals surface area contributed by atoms with Crippen molar-refractivity contribution in [3.8, 4) is 0 Å². The summed E-state index contributed by atoms with van der Waals surface area (Å²) in [7, 11) is -1.49. The molecule has 0 aliphatic heterocycles. The molecule has 0 saturated carbocycles. The largest absolute Gasteiger partial charge is 0.489 e. The van der Waals surface area contributed by atoms with Gasteiger partial charge in [-0.25, -0.2) is 0 Å². The van der Waals surface area contributed by atoms with E-state index in [1.54, 1.807) is 12.1 Å². The van der Waals surface area contributed by atoms with Crippen molar-refractivity contribution in [1.82, 2.24) is 0 Å². The normalized spacial score (nSPS) is 10.5. The Balaban J connectivity index is 2.80. The maximum Gasteiger partial charge on any atom is 0.489 e. The van der Waals surface area contributed by atoms with Gasteiger partial charge >= 0.3 is 7.12 Å². The molecule has 0 heterocycles. The molecule has 4 heteroatoms. The van der Waals surface area contributed by atoms with Gasteiger partial charge in [-0.15, -0.1) is 0 Å². The predicted molar refractivity (Wildman–Crippen MR) is 58.8 cm³/mol. The Morgan fingerprint density at radius 2 is 1.79 bits per heavy atom. The average Bonchev–Trinajstić information content (AvgIpc) is 2.16. The first-order valence-electron chi connectivity index (χ1n) is 4.23.